The molecule has 0 aliphatic heterocycles. The number of hydrogen-bond donors (Lipinski definition) is 2. The van der Waals surface area contributed by atoms with Crippen LogP contribution in [0.4, 0.5) is 5.69 Å². The predicted molar refractivity (Wildman–Crippen MR) is 69.7 cm³/mol. The number of hydrogen-bond acceptors (Lipinski definition) is 4. The largest absolute Gasteiger partial charge is 0.497 e. The first-order valence-corrected chi connectivity index (χ1v) is 7.95. The third-order valence-electron chi connectivity index (χ3n) is 2.11. The van der Waals surface area contributed by atoms with Crippen LogP contribution in [0, 0.1) is 0 Å². The molecule has 6 nitrogen and oxygen atoms in total. The Hall–Kier alpha value is -1.12. The van der Waals surface area contributed by atoms with Gasteiger partial charge in [-0.3, -0.25) is 4.72 Å². The van der Waals surface area contributed by atoms with Crippen LogP contribution in [0.5, 0.6) is 5.75 Å². The highest BCUT2D eigenvalue weighted by molar-refractivity contribution is 7.92. The van der Waals surface area contributed by atoms with Crippen LogP contribution in [0.1, 0.15) is 13.3 Å². The Morgan fingerprint density at radius 3 is 2.61 bits per heavy atom. The predicted octanol–water partition coefficient (Wildman–Crippen LogP) is 1.43. The van der Waals surface area contributed by atoms with Gasteiger partial charge in [-0.15, -0.1) is 0 Å². The van der Waals surface area contributed by atoms with E-state index in [-0.39, 0.29) is 16.3 Å². The van der Waals surface area contributed by atoms with E-state index >= 15 is 0 Å². The van der Waals surface area contributed by atoms with E-state index in [0.29, 0.717) is 12.2 Å². The molecule has 102 valence electrons. The summed E-state index contributed by atoms with van der Waals surface area (Å²) in [5.41, 5.74) is 0.0589. The molecule has 0 fully saturated rings. The molecule has 8 heteroatoms. The molecule has 0 spiro atoms. The number of ether oxygens (including phenoxy) is 1. The molecule has 0 aliphatic rings. The van der Waals surface area contributed by atoms with Crippen molar-refractivity contribution in [1.29, 1.82) is 0 Å². The fraction of sp³-hybridized carbons (Fsp3) is 0.400. The van der Waals surface area contributed by atoms with Crippen molar-refractivity contribution in [3.8, 4) is 5.75 Å². The zero-order chi connectivity index (χ0) is 13.8. The van der Waals surface area contributed by atoms with Crippen molar-refractivity contribution < 1.29 is 21.9 Å². The molecular formula is C10H15NO5S2. The number of sulfonamides is 1. The average Bonchev–Trinajstić information content (AvgIpc) is 2.27. The van der Waals surface area contributed by atoms with Gasteiger partial charge in [0.05, 0.1) is 23.4 Å². The maximum atomic E-state index is 11.6. The Morgan fingerprint density at radius 2 is 2.11 bits per heavy atom. The van der Waals surface area contributed by atoms with Crippen LogP contribution < -0.4 is 9.46 Å². The summed E-state index contributed by atoms with van der Waals surface area (Å²) < 4.78 is 50.7. The molecule has 0 radical (unpaired) electrons. The van der Waals surface area contributed by atoms with E-state index < -0.39 is 21.1 Å². The Kier molecular flexibility index (Phi) is 5.12. The molecule has 18 heavy (non-hydrogen) atoms. The smallest absolute Gasteiger partial charge is 0.232 e. The minimum Gasteiger partial charge on any atom is -0.497 e. The molecule has 0 amide bonds. The highest BCUT2D eigenvalue weighted by Gasteiger charge is 2.15. The molecule has 0 saturated heterocycles. The molecule has 0 heterocycles. The zero-order valence-corrected chi connectivity index (χ0v) is 11.7. The highest BCUT2D eigenvalue weighted by Crippen LogP contribution is 2.25. The number of anilines is 1. The second-order valence-corrected chi connectivity index (χ2v) is 6.31. The third kappa shape index (κ3) is 3.97. The van der Waals surface area contributed by atoms with Gasteiger partial charge in [0.1, 0.15) is 5.75 Å². The summed E-state index contributed by atoms with van der Waals surface area (Å²) in [5, 5.41) is 0. The quantitative estimate of drug-likeness (QED) is 0.774. The van der Waals surface area contributed by atoms with Gasteiger partial charge in [0.15, 0.2) is 11.1 Å². The topological polar surface area (TPSA) is 92.7 Å². The lowest BCUT2D eigenvalue weighted by Crippen LogP contribution is -2.17. The molecule has 0 bridgehead atoms. The molecule has 0 aromatic heterocycles. The molecule has 0 saturated carbocycles. The SMILES string of the molecule is CCCS(=O)(=O)Nc1cc(OC)ccc1S(=O)O. The fourth-order valence-electron chi connectivity index (χ4n) is 1.36. The van der Waals surface area contributed by atoms with Crippen molar-refractivity contribution >= 4 is 26.8 Å². The monoisotopic (exact) mass is 293 g/mol. The van der Waals surface area contributed by atoms with E-state index in [0.717, 1.165) is 0 Å². The summed E-state index contributed by atoms with van der Waals surface area (Å²) in [7, 11) is -2.09. The van der Waals surface area contributed by atoms with Gasteiger partial charge in [0.25, 0.3) is 0 Å². The van der Waals surface area contributed by atoms with Gasteiger partial charge >= 0.3 is 0 Å². The van der Waals surface area contributed by atoms with Gasteiger partial charge < -0.3 is 9.29 Å². The van der Waals surface area contributed by atoms with Crippen LogP contribution in [-0.2, 0) is 21.1 Å². The van der Waals surface area contributed by atoms with Crippen molar-refractivity contribution in [2.75, 3.05) is 17.6 Å². The minimum atomic E-state index is -3.52. The van der Waals surface area contributed by atoms with Crippen LogP contribution in [0.15, 0.2) is 23.1 Å². The summed E-state index contributed by atoms with van der Waals surface area (Å²) in [4.78, 5) is -0.00419. The molecule has 1 atom stereocenters. The van der Waals surface area contributed by atoms with Gasteiger partial charge in [-0.1, -0.05) is 6.92 Å². The number of nitrogens with one attached hydrogen (secondary N) is 1. The first-order valence-electron chi connectivity index (χ1n) is 5.19. The molecule has 1 rings (SSSR count). The van der Waals surface area contributed by atoms with Crippen molar-refractivity contribution in [2.24, 2.45) is 0 Å². The fourth-order valence-corrected chi connectivity index (χ4v) is 3.05. The zero-order valence-electron chi connectivity index (χ0n) is 10.0. The van der Waals surface area contributed by atoms with Crippen LogP contribution in [0.3, 0.4) is 0 Å². The lowest BCUT2D eigenvalue weighted by Gasteiger charge is -2.11. The lowest BCUT2D eigenvalue weighted by atomic mass is 10.3. The minimum absolute atomic E-state index is 0.00419. The Balaban J connectivity index is 3.16. The molecule has 1 unspecified atom stereocenters. The van der Waals surface area contributed by atoms with Crippen LogP contribution in [0.25, 0.3) is 0 Å². The van der Waals surface area contributed by atoms with Crippen LogP contribution in [-0.4, -0.2) is 30.0 Å². The van der Waals surface area contributed by atoms with Crippen molar-refractivity contribution in [3.63, 3.8) is 0 Å². The van der Waals surface area contributed by atoms with E-state index in [9.17, 15) is 12.6 Å². The second-order valence-electron chi connectivity index (χ2n) is 3.53. The van der Waals surface area contributed by atoms with Gasteiger partial charge in [-0.25, -0.2) is 12.6 Å². The summed E-state index contributed by atoms with van der Waals surface area (Å²) in [6.07, 6.45) is 0.455. The van der Waals surface area contributed by atoms with E-state index in [2.05, 4.69) is 4.72 Å². The summed E-state index contributed by atoms with van der Waals surface area (Å²) in [6, 6.07) is 4.20. The standard InChI is InChI=1S/C10H15NO5S2/c1-3-6-18(14,15)11-9-7-8(16-2)4-5-10(9)17(12)13/h4-5,7,11H,3,6H2,1-2H3,(H,12,13). The Bertz CT molecular complexity index is 541. The number of benzene rings is 1. The number of rotatable bonds is 6. The lowest BCUT2D eigenvalue weighted by molar-refractivity contribution is 0.414. The highest BCUT2D eigenvalue weighted by atomic mass is 32.2. The van der Waals surface area contributed by atoms with Crippen LogP contribution >= 0.6 is 0 Å². The van der Waals surface area contributed by atoms with Crippen LogP contribution in [0.2, 0.25) is 0 Å². The number of methoxy groups -OCH3 is 1. The first-order chi connectivity index (χ1) is 8.39. The third-order valence-corrected chi connectivity index (χ3v) is 4.32. The van der Waals surface area contributed by atoms with Gasteiger partial charge in [0.2, 0.25) is 10.0 Å². The maximum absolute atomic E-state index is 11.6. The molecule has 2 N–H and O–H groups in total. The van der Waals surface area contributed by atoms with Crippen molar-refractivity contribution in [1.82, 2.24) is 0 Å². The van der Waals surface area contributed by atoms with Gasteiger partial charge in [-0.05, 0) is 18.6 Å². The molecule has 1 aromatic rings. The van der Waals surface area contributed by atoms with E-state index in [1.165, 1.54) is 25.3 Å². The maximum Gasteiger partial charge on any atom is 0.232 e. The van der Waals surface area contributed by atoms with Crippen molar-refractivity contribution in [3.05, 3.63) is 18.2 Å². The summed E-state index contributed by atoms with van der Waals surface area (Å²) in [5.74, 6) is 0.347. The summed E-state index contributed by atoms with van der Waals surface area (Å²) in [6.45, 7) is 1.73. The van der Waals surface area contributed by atoms with Gasteiger partial charge in [0, 0.05) is 6.07 Å². The van der Waals surface area contributed by atoms with E-state index in [4.69, 9.17) is 9.29 Å². The summed E-state index contributed by atoms with van der Waals surface area (Å²) >= 11 is -2.27. The second kappa shape index (κ2) is 6.17. The molecular weight excluding hydrogens is 278 g/mol. The average molecular weight is 293 g/mol. The van der Waals surface area contributed by atoms with E-state index in [1.807, 2.05) is 0 Å². The first kappa shape index (κ1) is 14.9. The Labute approximate surface area is 109 Å². The van der Waals surface area contributed by atoms with E-state index in [1.54, 1.807) is 6.92 Å². The van der Waals surface area contributed by atoms with Crippen molar-refractivity contribution in [2.45, 2.75) is 18.2 Å². The molecule has 1 aromatic carbocycles. The Morgan fingerprint density at radius 1 is 1.44 bits per heavy atom. The molecule has 0 aliphatic carbocycles. The van der Waals surface area contributed by atoms with Gasteiger partial charge in [-0.2, -0.15) is 0 Å². The normalized spacial score (nSPS) is 13.1.